The van der Waals surface area contributed by atoms with Crippen molar-refractivity contribution in [3.8, 4) is 0 Å². The van der Waals surface area contributed by atoms with E-state index in [-0.39, 0.29) is 5.97 Å². The van der Waals surface area contributed by atoms with Gasteiger partial charge in [-0.2, -0.15) is 0 Å². The molecule has 2 heterocycles. The van der Waals surface area contributed by atoms with Gasteiger partial charge in [0.1, 0.15) is 5.82 Å². The zero-order valence-electron chi connectivity index (χ0n) is 13.7. The number of methoxy groups -OCH3 is 1. The van der Waals surface area contributed by atoms with E-state index in [1.54, 1.807) is 12.1 Å². The van der Waals surface area contributed by atoms with Crippen LogP contribution in [0.2, 0.25) is 0 Å². The van der Waals surface area contributed by atoms with Crippen LogP contribution < -0.4 is 10.2 Å². The third-order valence-electron chi connectivity index (χ3n) is 3.97. The van der Waals surface area contributed by atoms with Crippen molar-refractivity contribution in [2.24, 2.45) is 0 Å². The van der Waals surface area contributed by atoms with Crippen molar-refractivity contribution in [3.05, 3.63) is 53.7 Å². The Balaban J connectivity index is 1.55. The van der Waals surface area contributed by atoms with Gasteiger partial charge in [-0.1, -0.05) is 12.1 Å². The van der Waals surface area contributed by atoms with Crippen LogP contribution in [0.1, 0.15) is 15.9 Å². The van der Waals surface area contributed by atoms with Gasteiger partial charge in [0.05, 0.1) is 37.8 Å². The standard InChI is InChI=1S/C18H21N3O3/c1-23-18(22)15-4-2-14(3-5-15)12-19-17-7-6-16(13-20-17)21-8-10-24-11-9-21/h2-7,13H,8-12H2,1H3,(H,19,20). The zero-order chi connectivity index (χ0) is 16.8. The molecule has 1 aromatic carbocycles. The van der Waals surface area contributed by atoms with E-state index in [4.69, 9.17) is 9.47 Å². The first-order chi connectivity index (χ1) is 11.8. The second-order valence-corrected chi connectivity index (χ2v) is 5.54. The summed E-state index contributed by atoms with van der Waals surface area (Å²) in [5.74, 6) is 0.499. The number of aromatic nitrogens is 1. The molecular formula is C18H21N3O3. The van der Waals surface area contributed by atoms with Gasteiger partial charge in [-0.05, 0) is 29.8 Å². The molecule has 0 bridgehead atoms. The Kier molecular flexibility index (Phi) is 5.28. The lowest BCUT2D eigenvalue weighted by Crippen LogP contribution is -2.36. The summed E-state index contributed by atoms with van der Waals surface area (Å²) in [5, 5.41) is 3.28. The monoisotopic (exact) mass is 327 g/mol. The lowest BCUT2D eigenvalue weighted by Gasteiger charge is -2.28. The van der Waals surface area contributed by atoms with Crippen molar-refractivity contribution in [3.63, 3.8) is 0 Å². The first-order valence-electron chi connectivity index (χ1n) is 7.96. The van der Waals surface area contributed by atoms with Gasteiger partial charge in [-0.15, -0.1) is 0 Å². The minimum Gasteiger partial charge on any atom is -0.465 e. The van der Waals surface area contributed by atoms with Gasteiger partial charge in [0.2, 0.25) is 0 Å². The van der Waals surface area contributed by atoms with Crippen molar-refractivity contribution in [2.45, 2.75) is 6.54 Å². The first-order valence-corrected chi connectivity index (χ1v) is 7.96. The highest BCUT2D eigenvalue weighted by Gasteiger charge is 2.11. The third-order valence-corrected chi connectivity index (χ3v) is 3.97. The van der Waals surface area contributed by atoms with Gasteiger partial charge >= 0.3 is 5.97 Å². The molecule has 1 aliphatic rings. The summed E-state index contributed by atoms with van der Waals surface area (Å²) in [6.07, 6.45) is 1.88. The van der Waals surface area contributed by atoms with Gasteiger partial charge in [0.15, 0.2) is 0 Å². The number of esters is 1. The molecule has 1 aromatic heterocycles. The highest BCUT2D eigenvalue weighted by molar-refractivity contribution is 5.89. The van der Waals surface area contributed by atoms with Crippen LogP contribution in [0.25, 0.3) is 0 Å². The molecule has 1 fully saturated rings. The number of nitrogens with zero attached hydrogens (tertiary/aromatic N) is 2. The molecule has 0 spiro atoms. The Labute approximate surface area is 141 Å². The van der Waals surface area contributed by atoms with E-state index in [2.05, 4.69) is 21.3 Å². The number of ether oxygens (including phenoxy) is 2. The average molecular weight is 327 g/mol. The minimum absolute atomic E-state index is 0.324. The number of benzene rings is 1. The van der Waals surface area contributed by atoms with Crippen molar-refractivity contribution >= 4 is 17.5 Å². The Morgan fingerprint density at radius 3 is 2.58 bits per heavy atom. The fourth-order valence-corrected chi connectivity index (χ4v) is 2.57. The highest BCUT2D eigenvalue weighted by Crippen LogP contribution is 2.17. The highest BCUT2D eigenvalue weighted by atomic mass is 16.5. The van der Waals surface area contributed by atoms with Crippen LogP contribution in [-0.4, -0.2) is 44.4 Å². The summed E-state index contributed by atoms with van der Waals surface area (Å²) >= 11 is 0. The van der Waals surface area contributed by atoms with Crippen molar-refractivity contribution in [1.82, 2.24) is 4.98 Å². The lowest BCUT2D eigenvalue weighted by atomic mass is 10.1. The normalized spacial score (nSPS) is 14.3. The fraction of sp³-hybridized carbons (Fsp3) is 0.333. The van der Waals surface area contributed by atoms with Gasteiger partial charge in [0, 0.05) is 19.6 Å². The Bertz CT molecular complexity index is 665. The predicted molar refractivity (Wildman–Crippen MR) is 92.4 cm³/mol. The molecule has 126 valence electrons. The molecule has 0 unspecified atom stereocenters. The van der Waals surface area contributed by atoms with Gasteiger partial charge in [-0.25, -0.2) is 9.78 Å². The lowest BCUT2D eigenvalue weighted by molar-refractivity contribution is 0.0600. The number of nitrogens with one attached hydrogen (secondary N) is 1. The second kappa shape index (κ2) is 7.79. The van der Waals surface area contributed by atoms with Crippen LogP contribution in [0.15, 0.2) is 42.6 Å². The molecule has 0 atom stereocenters. The number of morpholine rings is 1. The van der Waals surface area contributed by atoms with Crippen LogP contribution in [0.3, 0.4) is 0 Å². The largest absolute Gasteiger partial charge is 0.465 e. The SMILES string of the molecule is COC(=O)c1ccc(CNc2ccc(N3CCOCC3)cn2)cc1. The molecule has 0 aliphatic carbocycles. The Morgan fingerprint density at radius 2 is 1.96 bits per heavy atom. The molecule has 2 aromatic rings. The third kappa shape index (κ3) is 4.02. The van der Waals surface area contributed by atoms with E-state index in [1.165, 1.54) is 7.11 Å². The second-order valence-electron chi connectivity index (χ2n) is 5.54. The Morgan fingerprint density at radius 1 is 1.21 bits per heavy atom. The van der Waals surface area contributed by atoms with Gasteiger partial charge < -0.3 is 19.7 Å². The van der Waals surface area contributed by atoms with E-state index in [1.807, 2.05) is 24.4 Å². The van der Waals surface area contributed by atoms with Crippen LogP contribution in [-0.2, 0) is 16.0 Å². The van der Waals surface area contributed by atoms with Gasteiger partial charge in [-0.3, -0.25) is 0 Å². The number of carbonyl (C=O) groups is 1. The summed E-state index contributed by atoms with van der Waals surface area (Å²) in [7, 11) is 1.38. The van der Waals surface area contributed by atoms with E-state index < -0.39 is 0 Å². The Hall–Kier alpha value is -2.60. The van der Waals surface area contributed by atoms with Crippen molar-refractivity contribution in [1.29, 1.82) is 0 Å². The molecule has 6 nitrogen and oxygen atoms in total. The van der Waals surface area contributed by atoms with E-state index in [9.17, 15) is 4.79 Å². The van der Waals surface area contributed by atoms with Crippen LogP contribution in [0.5, 0.6) is 0 Å². The molecule has 3 rings (SSSR count). The average Bonchev–Trinajstić information content (AvgIpc) is 2.67. The summed E-state index contributed by atoms with van der Waals surface area (Å²) in [6.45, 7) is 3.98. The topological polar surface area (TPSA) is 63.7 Å². The van der Waals surface area contributed by atoms with E-state index in [0.717, 1.165) is 43.4 Å². The van der Waals surface area contributed by atoms with Crippen LogP contribution in [0.4, 0.5) is 11.5 Å². The summed E-state index contributed by atoms with van der Waals surface area (Å²) in [6, 6.07) is 11.4. The maximum absolute atomic E-state index is 11.4. The molecule has 1 aliphatic heterocycles. The van der Waals surface area contributed by atoms with Gasteiger partial charge in [0.25, 0.3) is 0 Å². The van der Waals surface area contributed by atoms with E-state index >= 15 is 0 Å². The molecule has 0 radical (unpaired) electrons. The molecule has 1 N–H and O–H groups in total. The number of anilines is 2. The number of hydrogen-bond acceptors (Lipinski definition) is 6. The number of pyridine rings is 1. The number of hydrogen-bond donors (Lipinski definition) is 1. The molecular weight excluding hydrogens is 306 g/mol. The van der Waals surface area contributed by atoms with E-state index in [0.29, 0.717) is 12.1 Å². The zero-order valence-corrected chi connectivity index (χ0v) is 13.7. The molecule has 6 heteroatoms. The van der Waals surface area contributed by atoms with Crippen LogP contribution in [0, 0.1) is 0 Å². The summed E-state index contributed by atoms with van der Waals surface area (Å²) < 4.78 is 10.0. The van der Waals surface area contributed by atoms with Crippen molar-refractivity contribution in [2.75, 3.05) is 43.6 Å². The molecule has 0 amide bonds. The summed E-state index contributed by atoms with van der Waals surface area (Å²) in [5.41, 5.74) is 2.74. The summed E-state index contributed by atoms with van der Waals surface area (Å²) in [4.78, 5) is 18.1. The maximum atomic E-state index is 11.4. The minimum atomic E-state index is -0.324. The molecule has 1 saturated heterocycles. The fourth-order valence-electron chi connectivity index (χ4n) is 2.57. The van der Waals surface area contributed by atoms with Crippen LogP contribution >= 0.6 is 0 Å². The first kappa shape index (κ1) is 16.3. The molecule has 24 heavy (non-hydrogen) atoms. The smallest absolute Gasteiger partial charge is 0.337 e. The maximum Gasteiger partial charge on any atom is 0.337 e. The number of rotatable bonds is 5. The predicted octanol–water partition coefficient (Wildman–Crippen LogP) is 2.32. The quantitative estimate of drug-likeness (QED) is 0.850. The molecule has 0 saturated carbocycles. The number of carbonyl (C=O) groups excluding carboxylic acids is 1. The van der Waals surface area contributed by atoms with Crippen molar-refractivity contribution < 1.29 is 14.3 Å².